The molecule has 3 heteroatoms. The van der Waals surface area contributed by atoms with Gasteiger partial charge in [0.1, 0.15) is 0 Å². The normalized spacial score (nSPS) is 17.1. The molecule has 1 unspecified atom stereocenters. The van der Waals surface area contributed by atoms with Gasteiger partial charge >= 0.3 is 0 Å². The van der Waals surface area contributed by atoms with Crippen molar-refractivity contribution >= 4 is 11.6 Å². The van der Waals surface area contributed by atoms with Gasteiger partial charge in [-0.1, -0.05) is 36.7 Å². The summed E-state index contributed by atoms with van der Waals surface area (Å²) in [7, 11) is 0. The van der Waals surface area contributed by atoms with E-state index in [2.05, 4.69) is 17.9 Å². The van der Waals surface area contributed by atoms with Gasteiger partial charge in [0.05, 0.1) is 0 Å². The van der Waals surface area contributed by atoms with Crippen LogP contribution in [0.2, 0.25) is 5.02 Å². The molecule has 0 amide bonds. The zero-order valence-electron chi connectivity index (χ0n) is 11.1. The Hall–Kier alpha value is -0.570. The molecule has 0 saturated heterocycles. The summed E-state index contributed by atoms with van der Waals surface area (Å²) in [5.41, 5.74) is 7.18. The molecule has 2 rings (SSSR count). The lowest BCUT2D eigenvalue weighted by Gasteiger charge is -2.31. The minimum atomic E-state index is 0.263. The van der Waals surface area contributed by atoms with E-state index in [4.69, 9.17) is 17.3 Å². The maximum atomic E-state index is 6.31. The SMILES string of the molecule is CCCN(CC1CC1)C(CN)c1ccccc1Cl. The van der Waals surface area contributed by atoms with Crippen LogP contribution >= 0.6 is 11.6 Å². The van der Waals surface area contributed by atoms with Crippen LogP contribution in [0.4, 0.5) is 0 Å². The first kappa shape index (κ1) is 13.9. The third kappa shape index (κ3) is 3.47. The van der Waals surface area contributed by atoms with E-state index in [0.29, 0.717) is 6.54 Å². The summed E-state index contributed by atoms with van der Waals surface area (Å²) < 4.78 is 0. The van der Waals surface area contributed by atoms with Gasteiger partial charge in [-0.2, -0.15) is 0 Å². The second-order valence-electron chi connectivity index (χ2n) is 5.21. The van der Waals surface area contributed by atoms with Crippen molar-refractivity contribution in [2.75, 3.05) is 19.6 Å². The highest BCUT2D eigenvalue weighted by molar-refractivity contribution is 6.31. The number of rotatable bonds is 7. The number of hydrogen-bond donors (Lipinski definition) is 1. The zero-order chi connectivity index (χ0) is 13.0. The Labute approximate surface area is 115 Å². The molecule has 0 radical (unpaired) electrons. The molecule has 0 spiro atoms. The van der Waals surface area contributed by atoms with E-state index in [-0.39, 0.29) is 6.04 Å². The zero-order valence-corrected chi connectivity index (χ0v) is 11.9. The smallest absolute Gasteiger partial charge is 0.0485 e. The predicted molar refractivity (Wildman–Crippen MR) is 77.8 cm³/mol. The van der Waals surface area contributed by atoms with Gasteiger partial charge in [0.15, 0.2) is 0 Å². The van der Waals surface area contributed by atoms with Gasteiger partial charge < -0.3 is 5.73 Å². The summed E-state index contributed by atoms with van der Waals surface area (Å²) in [5, 5.41) is 0.838. The van der Waals surface area contributed by atoms with Crippen molar-refractivity contribution in [3.8, 4) is 0 Å². The minimum Gasteiger partial charge on any atom is -0.329 e. The Morgan fingerprint density at radius 2 is 2.11 bits per heavy atom. The van der Waals surface area contributed by atoms with Crippen molar-refractivity contribution in [3.05, 3.63) is 34.9 Å². The van der Waals surface area contributed by atoms with E-state index in [9.17, 15) is 0 Å². The highest BCUT2D eigenvalue weighted by atomic mass is 35.5. The molecule has 1 aliphatic rings. The van der Waals surface area contributed by atoms with Crippen LogP contribution in [0, 0.1) is 5.92 Å². The molecular formula is C15H23ClN2. The predicted octanol–water partition coefficient (Wildman–Crippen LogP) is 3.46. The first-order chi connectivity index (χ1) is 8.76. The van der Waals surface area contributed by atoms with Crippen molar-refractivity contribution in [1.82, 2.24) is 4.90 Å². The molecule has 0 heterocycles. The molecule has 100 valence electrons. The minimum absolute atomic E-state index is 0.263. The first-order valence-electron chi connectivity index (χ1n) is 6.94. The van der Waals surface area contributed by atoms with Crippen LogP contribution in [0.15, 0.2) is 24.3 Å². The lowest BCUT2D eigenvalue weighted by molar-refractivity contribution is 0.193. The molecule has 2 N–H and O–H groups in total. The van der Waals surface area contributed by atoms with E-state index in [1.165, 1.54) is 24.9 Å². The average molecular weight is 267 g/mol. The Morgan fingerprint density at radius 3 is 2.67 bits per heavy atom. The fourth-order valence-corrected chi connectivity index (χ4v) is 2.77. The Kier molecular flexibility index (Phi) is 5.04. The standard InChI is InChI=1S/C15H23ClN2/c1-2-9-18(11-12-7-8-12)15(10-17)13-5-3-4-6-14(13)16/h3-6,12,15H,2,7-11,17H2,1H3. The van der Waals surface area contributed by atoms with Crippen molar-refractivity contribution < 1.29 is 0 Å². The molecule has 1 aromatic rings. The molecule has 1 aliphatic carbocycles. The summed E-state index contributed by atoms with van der Waals surface area (Å²) in [6, 6.07) is 8.35. The summed E-state index contributed by atoms with van der Waals surface area (Å²) in [5.74, 6) is 0.882. The maximum Gasteiger partial charge on any atom is 0.0485 e. The van der Waals surface area contributed by atoms with Crippen LogP contribution in [0.1, 0.15) is 37.8 Å². The van der Waals surface area contributed by atoms with Gasteiger partial charge in [0.25, 0.3) is 0 Å². The van der Waals surface area contributed by atoms with Gasteiger partial charge in [-0.3, -0.25) is 4.90 Å². The van der Waals surface area contributed by atoms with Crippen molar-refractivity contribution in [2.24, 2.45) is 11.7 Å². The van der Waals surface area contributed by atoms with E-state index in [1.807, 2.05) is 18.2 Å². The van der Waals surface area contributed by atoms with Gasteiger partial charge in [0, 0.05) is 24.2 Å². The molecule has 2 nitrogen and oxygen atoms in total. The van der Waals surface area contributed by atoms with Crippen LogP contribution in [-0.4, -0.2) is 24.5 Å². The number of hydrogen-bond acceptors (Lipinski definition) is 2. The molecule has 0 aromatic heterocycles. The Morgan fingerprint density at radius 1 is 1.39 bits per heavy atom. The molecule has 1 aromatic carbocycles. The highest BCUT2D eigenvalue weighted by Gasteiger charge is 2.28. The van der Waals surface area contributed by atoms with Crippen LogP contribution in [0.3, 0.4) is 0 Å². The molecule has 1 fully saturated rings. The number of nitrogens with zero attached hydrogens (tertiary/aromatic N) is 1. The van der Waals surface area contributed by atoms with E-state index >= 15 is 0 Å². The average Bonchev–Trinajstić information content (AvgIpc) is 3.16. The van der Waals surface area contributed by atoms with Gasteiger partial charge in [-0.05, 0) is 43.4 Å². The second kappa shape index (κ2) is 6.55. The fraction of sp³-hybridized carbons (Fsp3) is 0.600. The van der Waals surface area contributed by atoms with Crippen molar-refractivity contribution in [3.63, 3.8) is 0 Å². The van der Waals surface area contributed by atoms with Crippen molar-refractivity contribution in [2.45, 2.75) is 32.2 Å². The topological polar surface area (TPSA) is 29.3 Å². The van der Waals surface area contributed by atoms with Gasteiger partial charge in [-0.15, -0.1) is 0 Å². The third-order valence-electron chi connectivity index (χ3n) is 3.63. The lowest BCUT2D eigenvalue weighted by Crippen LogP contribution is -2.36. The van der Waals surface area contributed by atoms with Crippen LogP contribution in [0.25, 0.3) is 0 Å². The summed E-state index contributed by atoms with van der Waals surface area (Å²) in [6.45, 7) is 5.13. The first-order valence-corrected chi connectivity index (χ1v) is 7.32. The van der Waals surface area contributed by atoms with E-state index < -0.39 is 0 Å². The number of halogens is 1. The monoisotopic (exact) mass is 266 g/mol. The molecule has 0 bridgehead atoms. The van der Waals surface area contributed by atoms with Gasteiger partial charge in [-0.25, -0.2) is 0 Å². The largest absolute Gasteiger partial charge is 0.329 e. The third-order valence-corrected chi connectivity index (χ3v) is 3.97. The molecular weight excluding hydrogens is 244 g/mol. The van der Waals surface area contributed by atoms with Crippen LogP contribution in [-0.2, 0) is 0 Å². The second-order valence-corrected chi connectivity index (χ2v) is 5.62. The maximum absolute atomic E-state index is 6.31. The molecule has 18 heavy (non-hydrogen) atoms. The Bertz CT molecular complexity index is 377. The lowest BCUT2D eigenvalue weighted by atomic mass is 10.0. The van der Waals surface area contributed by atoms with Crippen molar-refractivity contribution in [1.29, 1.82) is 0 Å². The summed E-state index contributed by atoms with van der Waals surface area (Å²) >= 11 is 6.31. The molecule has 0 aliphatic heterocycles. The van der Waals surface area contributed by atoms with Gasteiger partial charge in [0.2, 0.25) is 0 Å². The highest BCUT2D eigenvalue weighted by Crippen LogP contribution is 2.34. The molecule has 1 saturated carbocycles. The number of nitrogens with two attached hydrogens (primary N) is 1. The van der Waals surface area contributed by atoms with Crippen LogP contribution in [0.5, 0.6) is 0 Å². The molecule has 1 atom stereocenters. The number of benzene rings is 1. The summed E-state index contributed by atoms with van der Waals surface area (Å²) in [6.07, 6.45) is 3.91. The fourth-order valence-electron chi connectivity index (χ4n) is 2.51. The van der Waals surface area contributed by atoms with Crippen LogP contribution < -0.4 is 5.73 Å². The Balaban J connectivity index is 2.15. The summed E-state index contributed by atoms with van der Waals surface area (Å²) in [4.78, 5) is 2.51. The quantitative estimate of drug-likeness (QED) is 0.819. The van der Waals surface area contributed by atoms with E-state index in [0.717, 1.165) is 23.9 Å². The van der Waals surface area contributed by atoms with E-state index in [1.54, 1.807) is 0 Å².